The maximum Gasteiger partial charge on any atom is 0.233 e. The van der Waals surface area contributed by atoms with Gasteiger partial charge in [0, 0.05) is 36.2 Å². The Morgan fingerprint density at radius 1 is 0.929 bits per heavy atom. The minimum Gasteiger partial charge on any atom is -0.372 e. The number of carbonyl (C=O) groups is 2. The fourth-order valence-electron chi connectivity index (χ4n) is 3.15. The number of benzene rings is 2. The molecule has 2 N–H and O–H groups in total. The smallest absolute Gasteiger partial charge is 0.233 e. The van der Waals surface area contributed by atoms with Gasteiger partial charge in [0.15, 0.2) is 11.6 Å². The minimum absolute atomic E-state index is 0.0944. The van der Waals surface area contributed by atoms with Crippen molar-refractivity contribution in [2.45, 2.75) is 26.2 Å². The quantitative estimate of drug-likeness (QED) is 0.757. The van der Waals surface area contributed by atoms with Gasteiger partial charge in [-0.15, -0.1) is 0 Å². The van der Waals surface area contributed by atoms with E-state index in [1.54, 1.807) is 12.1 Å². The molecule has 0 saturated carbocycles. The zero-order valence-corrected chi connectivity index (χ0v) is 15.7. The first-order chi connectivity index (χ1) is 13.4. The summed E-state index contributed by atoms with van der Waals surface area (Å²) < 4.78 is 26.1. The van der Waals surface area contributed by atoms with Crippen LogP contribution in [0.25, 0.3) is 0 Å². The summed E-state index contributed by atoms with van der Waals surface area (Å²) in [6.07, 6.45) is 1.92. The van der Waals surface area contributed by atoms with Gasteiger partial charge in [0.25, 0.3) is 0 Å². The molecule has 0 aliphatic carbocycles. The summed E-state index contributed by atoms with van der Waals surface area (Å²) in [5, 5.41) is 5.03. The molecule has 7 heteroatoms. The number of carbonyl (C=O) groups excluding carboxylic acids is 2. The Hall–Kier alpha value is -2.96. The Morgan fingerprint density at radius 3 is 2.11 bits per heavy atom. The summed E-state index contributed by atoms with van der Waals surface area (Å²) in [6.45, 7) is 4.31. The van der Waals surface area contributed by atoms with Gasteiger partial charge in [0.05, 0.1) is 0 Å². The SMILES string of the molecule is CC1CCN(c2ccc(NC(=O)CC(=O)Nc3ccc(F)c(F)c3)cc2)CC1. The maximum atomic E-state index is 13.2. The molecule has 0 atom stereocenters. The fourth-order valence-corrected chi connectivity index (χ4v) is 3.15. The molecule has 3 rings (SSSR count). The van der Waals surface area contributed by atoms with Crippen LogP contribution in [-0.4, -0.2) is 24.9 Å². The van der Waals surface area contributed by atoms with Gasteiger partial charge in [0.1, 0.15) is 6.42 Å². The van der Waals surface area contributed by atoms with Crippen molar-refractivity contribution in [3.63, 3.8) is 0 Å². The van der Waals surface area contributed by atoms with Crippen LogP contribution in [0.3, 0.4) is 0 Å². The lowest BCUT2D eigenvalue weighted by molar-refractivity contribution is -0.123. The lowest BCUT2D eigenvalue weighted by Gasteiger charge is -2.32. The van der Waals surface area contributed by atoms with E-state index in [1.165, 1.54) is 18.9 Å². The van der Waals surface area contributed by atoms with E-state index in [4.69, 9.17) is 0 Å². The van der Waals surface area contributed by atoms with Crippen molar-refractivity contribution in [1.29, 1.82) is 0 Å². The molecule has 28 heavy (non-hydrogen) atoms. The first-order valence-corrected chi connectivity index (χ1v) is 9.30. The molecule has 5 nitrogen and oxygen atoms in total. The van der Waals surface area contributed by atoms with Crippen LogP contribution in [0.5, 0.6) is 0 Å². The summed E-state index contributed by atoms with van der Waals surface area (Å²) in [7, 11) is 0. The molecule has 1 aliphatic rings. The monoisotopic (exact) mass is 387 g/mol. The average Bonchev–Trinajstić information content (AvgIpc) is 2.66. The van der Waals surface area contributed by atoms with Crippen LogP contribution in [0.2, 0.25) is 0 Å². The number of nitrogens with one attached hydrogen (secondary N) is 2. The van der Waals surface area contributed by atoms with Crippen LogP contribution < -0.4 is 15.5 Å². The minimum atomic E-state index is -1.06. The highest BCUT2D eigenvalue weighted by Crippen LogP contribution is 2.24. The van der Waals surface area contributed by atoms with Gasteiger partial charge in [-0.2, -0.15) is 0 Å². The van der Waals surface area contributed by atoms with Crippen LogP contribution in [-0.2, 0) is 9.59 Å². The molecule has 1 heterocycles. The van der Waals surface area contributed by atoms with Crippen molar-refractivity contribution in [3.8, 4) is 0 Å². The van der Waals surface area contributed by atoms with Gasteiger partial charge >= 0.3 is 0 Å². The van der Waals surface area contributed by atoms with Crippen molar-refractivity contribution in [3.05, 3.63) is 54.1 Å². The fraction of sp³-hybridized carbons (Fsp3) is 0.333. The molecule has 1 saturated heterocycles. The van der Waals surface area contributed by atoms with E-state index in [0.717, 1.165) is 36.8 Å². The second kappa shape index (κ2) is 8.82. The number of hydrogen-bond acceptors (Lipinski definition) is 3. The molecule has 2 aromatic rings. The van der Waals surface area contributed by atoms with Crippen molar-refractivity contribution in [2.75, 3.05) is 28.6 Å². The second-order valence-electron chi connectivity index (χ2n) is 7.12. The first kappa shape index (κ1) is 19.8. The van der Waals surface area contributed by atoms with Crippen molar-refractivity contribution >= 4 is 28.9 Å². The number of amides is 2. The molecule has 148 valence electrons. The Balaban J connectivity index is 1.50. The number of halogens is 2. The van der Waals surface area contributed by atoms with E-state index in [-0.39, 0.29) is 5.69 Å². The van der Waals surface area contributed by atoms with Gasteiger partial charge in [0.2, 0.25) is 11.8 Å². The highest BCUT2D eigenvalue weighted by atomic mass is 19.2. The average molecular weight is 387 g/mol. The largest absolute Gasteiger partial charge is 0.372 e. The third-order valence-corrected chi connectivity index (χ3v) is 4.82. The number of hydrogen-bond donors (Lipinski definition) is 2. The van der Waals surface area contributed by atoms with E-state index in [9.17, 15) is 18.4 Å². The van der Waals surface area contributed by atoms with Gasteiger partial charge in [-0.25, -0.2) is 8.78 Å². The molecule has 0 aromatic heterocycles. The number of anilines is 3. The van der Waals surface area contributed by atoms with E-state index in [1.807, 2.05) is 12.1 Å². The summed E-state index contributed by atoms with van der Waals surface area (Å²) in [5.74, 6) is -2.40. The second-order valence-corrected chi connectivity index (χ2v) is 7.12. The maximum absolute atomic E-state index is 13.2. The molecule has 0 bridgehead atoms. The van der Waals surface area contributed by atoms with Crippen LogP contribution in [0, 0.1) is 17.6 Å². The van der Waals surface area contributed by atoms with Gasteiger partial charge in [-0.1, -0.05) is 6.92 Å². The van der Waals surface area contributed by atoms with E-state index < -0.39 is 29.9 Å². The molecular weight excluding hydrogens is 364 g/mol. The molecule has 0 unspecified atom stereocenters. The number of rotatable bonds is 5. The highest BCUT2D eigenvalue weighted by molar-refractivity contribution is 6.08. The number of nitrogens with zero attached hydrogens (tertiary/aromatic N) is 1. The number of piperidine rings is 1. The topological polar surface area (TPSA) is 61.4 Å². The summed E-state index contributed by atoms with van der Waals surface area (Å²) in [6, 6.07) is 10.5. The zero-order chi connectivity index (χ0) is 20.1. The van der Waals surface area contributed by atoms with Crippen LogP contribution in [0.4, 0.5) is 25.8 Å². The lowest BCUT2D eigenvalue weighted by atomic mass is 9.99. The summed E-state index contributed by atoms with van der Waals surface area (Å²) >= 11 is 0. The predicted molar refractivity (Wildman–Crippen MR) is 105 cm³/mol. The van der Waals surface area contributed by atoms with Gasteiger partial charge < -0.3 is 15.5 Å². The predicted octanol–water partition coefficient (Wildman–Crippen LogP) is 4.17. The molecule has 2 aromatic carbocycles. The standard InChI is InChI=1S/C21H23F2N3O2/c1-14-8-10-26(11-9-14)17-5-2-15(3-6-17)24-20(27)13-21(28)25-16-4-7-18(22)19(23)12-16/h2-7,12,14H,8-11,13H2,1H3,(H,24,27)(H,25,28). The van der Waals surface area contributed by atoms with Gasteiger partial charge in [-0.05, 0) is 55.2 Å². The Bertz CT molecular complexity index is 847. The van der Waals surface area contributed by atoms with E-state index >= 15 is 0 Å². The molecular formula is C21H23F2N3O2. The van der Waals surface area contributed by atoms with Crippen molar-refractivity contribution < 1.29 is 18.4 Å². The lowest BCUT2D eigenvalue weighted by Crippen LogP contribution is -2.32. The molecule has 0 spiro atoms. The summed E-state index contributed by atoms with van der Waals surface area (Å²) in [5.41, 5.74) is 1.80. The molecule has 2 amide bonds. The third-order valence-electron chi connectivity index (χ3n) is 4.82. The first-order valence-electron chi connectivity index (χ1n) is 9.30. The summed E-state index contributed by atoms with van der Waals surface area (Å²) in [4.78, 5) is 26.3. The Kier molecular flexibility index (Phi) is 6.23. The van der Waals surface area contributed by atoms with Crippen molar-refractivity contribution in [1.82, 2.24) is 0 Å². The molecule has 1 fully saturated rings. The van der Waals surface area contributed by atoms with E-state index in [0.29, 0.717) is 5.69 Å². The van der Waals surface area contributed by atoms with Gasteiger partial charge in [-0.3, -0.25) is 9.59 Å². The molecule has 1 aliphatic heterocycles. The highest BCUT2D eigenvalue weighted by Gasteiger charge is 2.16. The van der Waals surface area contributed by atoms with Crippen LogP contribution in [0.1, 0.15) is 26.2 Å². The third kappa shape index (κ3) is 5.28. The van der Waals surface area contributed by atoms with E-state index in [2.05, 4.69) is 22.5 Å². The van der Waals surface area contributed by atoms with Crippen LogP contribution in [0.15, 0.2) is 42.5 Å². The van der Waals surface area contributed by atoms with Crippen molar-refractivity contribution in [2.24, 2.45) is 5.92 Å². The Morgan fingerprint density at radius 2 is 1.50 bits per heavy atom. The molecule has 0 radical (unpaired) electrons. The Labute approximate surface area is 162 Å². The zero-order valence-electron chi connectivity index (χ0n) is 15.7. The van der Waals surface area contributed by atoms with Crippen LogP contribution >= 0.6 is 0 Å². The normalized spacial score (nSPS) is 14.6.